The Bertz CT molecular complexity index is 583. The molecule has 6 heteroatoms. The summed E-state index contributed by atoms with van der Waals surface area (Å²) >= 11 is 0. The fraction of sp³-hybridized carbons (Fsp3) is 0.267. The predicted octanol–water partition coefficient (Wildman–Crippen LogP) is 2.75. The Labute approximate surface area is 137 Å². The fourth-order valence-electron chi connectivity index (χ4n) is 1.41. The number of aryl methyl sites for hydroxylation is 2. The molecule has 0 saturated heterocycles. The van der Waals surface area contributed by atoms with Crippen molar-refractivity contribution in [1.82, 2.24) is 15.0 Å². The van der Waals surface area contributed by atoms with Crippen LogP contribution in [0.5, 0.6) is 0 Å². The van der Waals surface area contributed by atoms with E-state index in [1.807, 2.05) is 32.0 Å². The molecule has 0 bridgehead atoms. The summed E-state index contributed by atoms with van der Waals surface area (Å²) in [6.45, 7) is 6.75. The van der Waals surface area contributed by atoms with Gasteiger partial charge in [-0.1, -0.05) is 17.5 Å². The van der Waals surface area contributed by atoms with Gasteiger partial charge in [0.2, 0.25) is 0 Å². The van der Waals surface area contributed by atoms with Crippen LogP contribution in [0.4, 0.5) is 0 Å². The van der Waals surface area contributed by atoms with Crippen molar-refractivity contribution in [3.63, 3.8) is 0 Å². The Balaban J connectivity index is 0.000000436. The topological polar surface area (TPSA) is 77.2 Å². The zero-order valence-corrected chi connectivity index (χ0v) is 14.8. The van der Waals surface area contributed by atoms with E-state index in [1.54, 1.807) is 6.20 Å². The molecule has 2 heterocycles. The van der Waals surface area contributed by atoms with Gasteiger partial charge >= 0.3 is 0 Å². The first-order chi connectivity index (χ1) is 9.40. The van der Waals surface area contributed by atoms with Gasteiger partial charge in [0.15, 0.2) is 5.78 Å². The molecular weight excluding hydrogens is 446 g/mol. The SMILES string of the molecule is CC(=O)/C=C(/C)O.Cc1nc(-c2ccccn2)[n-]c1C.[Ir]. The van der Waals surface area contributed by atoms with Gasteiger partial charge in [-0.2, -0.15) is 0 Å². The number of aromatic nitrogens is 3. The Morgan fingerprint density at radius 3 is 2.29 bits per heavy atom. The summed E-state index contributed by atoms with van der Waals surface area (Å²) in [5, 5.41) is 8.36. The molecule has 115 valence electrons. The van der Waals surface area contributed by atoms with Crippen molar-refractivity contribution in [2.45, 2.75) is 27.7 Å². The number of hydrogen-bond donors (Lipinski definition) is 1. The predicted molar refractivity (Wildman–Crippen MR) is 77.3 cm³/mol. The van der Waals surface area contributed by atoms with Crippen molar-refractivity contribution in [2.24, 2.45) is 0 Å². The van der Waals surface area contributed by atoms with E-state index in [0.29, 0.717) is 0 Å². The van der Waals surface area contributed by atoms with Crippen molar-refractivity contribution < 1.29 is 30.0 Å². The van der Waals surface area contributed by atoms with Crippen molar-refractivity contribution in [3.05, 3.63) is 47.6 Å². The molecule has 2 aromatic rings. The molecule has 1 N–H and O–H groups in total. The van der Waals surface area contributed by atoms with E-state index in [0.717, 1.165) is 22.9 Å². The number of pyridine rings is 1. The number of imidazole rings is 1. The molecule has 0 fully saturated rings. The first kappa shape index (κ1) is 19.2. The summed E-state index contributed by atoms with van der Waals surface area (Å²) in [6, 6.07) is 5.73. The average molecular weight is 465 g/mol. The summed E-state index contributed by atoms with van der Waals surface area (Å²) in [5.41, 5.74) is 2.78. The molecule has 0 aromatic carbocycles. The largest absolute Gasteiger partial charge is 0.512 e. The van der Waals surface area contributed by atoms with Crippen LogP contribution in [-0.2, 0) is 24.9 Å². The van der Waals surface area contributed by atoms with E-state index >= 15 is 0 Å². The molecule has 21 heavy (non-hydrogen) atoms. The summed E-state index contributed by atoms with van der Waals surface area (Å²) < 4.78 is 0. The Hall–Kier alpha value is -1.78. The van der Waals surface area contributed by atoms with E-state index in [-0.39, 0.29) is 31.6 Å². The van der Waals surface area contributed by atoms with Crippen LogP contribution in [0.15, 0.2) is 36.2 Å². The monoisotopic (exact) mass is 465 g/mol. The molecule has 1 radical (unpaired) electrons. The zero-order chi connectivity index (χ0) is 15.1. The van der Waals surface area contributed by atoms with Gasteiger partial charge in [-0.15, -0.1) is 0 Å². The van der Waals surface area contributed by atoms with Crippen LogP contribution < -0.4 is 4.98 Å². The summed E-state index contributed by atoms with van der Waals surface area (Å²) in [6.07, 6.45) is 2.91. The normalized spacial score (nSPS) is 10.2. The van der Waals surface area contributed by atoms with Crippen molar-refractivity contribution in [3.8, 4) is 11.5 Å². The van der Waals surface area contributed by atoms with Gasteiger partial charge in [-0.05, 0) is 45.7 Å². The van der Waals surface area contributed by atoms with Gasteiger partial charge in [-0.3, -0.25) is 9.78 Å². The van der Waals surface area contributed by atoms with Crippen molar-refractivity contribution >= 4 is 5.78 Å². The first-order valence-electron chi connectivity index (χ1n) is 6.17. The van der Waals surface area contributed by atoms with Crippen LogP contribution >= 0.6 is 0 Å². The molecule has 0 aliphatic carbocycles. The maximum atomic E-state index is 10.0. The molecule has 0 aliphatic heterocycles. The minimum Gasteiger partial charge on any atom is -0.512 e. The molecule has 0 saturated carbocycles. The molecule has 5 nitrogen and oxygen atoms in total. The van der Waals surface area contributed by atoms with E-state index < -0.39 is 0 Å². The Kier molecular flexibility index (Phi) is 8.43. The number of aliphatic hydroxyl groups is 1. The molecule has 2 aromatic heterocycles. The fourth-order valence-corrected chi connectivity index (χ4v) is 1.41. The molecular formula is C15H18IrN3O2-. The molecule has 0 amide bonds. The quantitative estimate of drug-likeness (QED) is 0.546. The Morgan fingerprint density at radius 2 is 1.95 bits per heavy atom. The van der Waals surface area contributed by atoms with Crippen LogP contribution in [0.2, 0.25) is 0 Å². The van der Waals surface area contributed by atoms with Gasteiger partial charge in [-0.25, -0.2) is 0 Å². The summed E-state index contributed by atoms with van der Waals surface area (Å²) in [4.78, 5) is 22.8. The van der Waals surface area contributed by atoms with Crippen LogP contribution in [0.3, 0.4) is 0 Å². The molecule has 2 rings (SSSR count). The van der Waals surface area contributed by atoms with Gasteiger partial charge < -0.3 is 15.1 Å². The number of ketones is 1. The molecule has 0 aliphatic rings. The smallest absolute Gasteiger partial charge is 0.155 e. The number of rotatable bonds is 2. The number of carbonyl (C=O) groups excluding carboxylic acids is 1. The molecule has 0 unspecified atom stereocenters. The van der Waals surface area contributed by atoms with Crippen LogP contribution in [0.1, 0.15) is 25.2 Å². The van der Waals surface area contributed by atoms with E-state index in [4.69, 9.17) is 5.11 Å². The minimum absolute atomic E-state index is 0. The van der Waals surface area contributed by atoms with Gasteiger partial charge in [0.05, 0.1) is 11.5 Å². The summed E-state index contributed by atoms with van der Waals surface area (Å²) in [5.74, 6) is 0.656. The van der Waals surface area contributed by atoms with E-state index in [9.17, 15) is 4.79 Å². The number of allylic oxidation sites excluding steroid dienone is 2. The second-order valence-corrected chi connectivity index (χ2v) is 4.33. The molecule has 0 atom stereocenters. The first-order valence-corrected chi connectivity index (χ1v) is 6.17. The maximum Gasteiger partial charge on any atom is 0.155 e. The third kappa shape index (κ3) is 6.97. The minimum atomic E-state index is -0.125. The van der Waals surface area contributed by atoms with Crippen LogP contribution in [0, 0.1) is 13.8 Å². The second-order valence-electron chi connectivity index (χ2n) is 4.33. The zero-order valence-electron chi connectivity index (χ0n) is 12.4. The van der Waals surface area contributed by atoms with Gasteiger partial charge in [0, 0.05) is 32.4 Å². The van der Waals surface area contributed by atoms with Crippen molar-refractivity contribution in [2.75, 3.05) is 0 Å². The maximum absolute atomic E-state index is 10.0. The number of carbonyl (C=O) groups is 1. The third-order valence-corrected chi connectivity index (χ3v) is 2.38. The summed E-state index contributed by atoms with van der Waals surface area (Å²) in [7, 11) is 0. The van der Waals surface area contributed by atoms with Gasteiger partial charge in [0.1, 0.15) is 0 Å². The molecule has 0 spiro atoms. The Morgan fingerprint density at radius 1 is 1.29 bits per heavy atom. The van der Waals surface area contributed by atoms with E-state index in [2.05, 4.69) is 15.0 Å². The van der Waals surface area contributed by atoms with Crippen molar-refractivity contribution in [1.29, 1.82) is 0 Å². The second kappa shape index (κ2) is 9.21. The van der Waals surface area contributed by atoms with Gasteiger partial charge in [0.25, 0.3) is 0 Å². The number of aliphatic hydroxyl groups excluding tert-OH is 1. The van der Waals surface area contributed by atoms with E-state index in [1.165, 1.54) is 19.9 Å². The number of hydrogen-bond acceptors (Lipinski definition) is 4. The standard InChI is InChI=1S/C10H10N3.C5H8O2.Ir/c1-7-8(2)13-10(12-7)9-5-3-4-6-11-9;1-4(6)3-5(2)7;/h3-6H,1-2H3;3,6H,1-2H3;/q-1;;/b;4-3-;. The average Bonchev–Trinajstić information content (AvgIpc) is 2.70. The van der Waals surface area contributed by atoms with Crippen LogP contribution in [-0.4, -0.2) is 20.9 Å². The number of nitrogens with zero attached hydrogens (tertiary/aromatic N) is 3. The third-order valence-electron chi connectivity index (χ3n) is 2.38. The van der Waals surface area contributed by atoms with Crippen LogP contribution in [0.25, 0.3) is 11.5 Å².